The van der Waals surface area contributed by atoms with Crippen molar-refractivity contribution in [1.29, 1.82) is 0 Å². The number of aromatic nitrogens is 1. The van der Waals surface area contributed by atoms with Crippen LogP contribution in [0.15, 0.2) is 27.4 Å². The Morgan fingerprint density at radius 1 is 1.47 bits per heavy atom. The predicted molar refractivity (Wildman–Crippen MR) is 75.6 cm³/mol. The number of aryl methyl sites for hydroxylation is 1. The maximum Gasteiger partial charge on any atom is 0.419 e. The minimum Gasteiger partial charge on any atom is -0.408 e. The average Bonchev–Trinajstić information content (AvgIpc) is 2.80. The number of nitrogens with zero attached hydrogens (tertiary/aromatic N) is 1. The van der Waals surface area contributed by atoms with Crippen molar-refractivity contribution in [1.82, 2.24) is 9.88 Å². The van der Waals surface area contributed by atoms with E-state index in [4.69, 9.17) is 4.42 Å². The highest BCUT2D eigenvalue weighted by Crippen LogP contribution is 2.23. The van der Waals surface area contributed by atoms with Gasteiger partial charge in [-0.25, -0.2) is 4.79 Å². The monoisotopic (exact) mass is 261 g/mol. The molecule has 1 aliphatic heterocycles. The second kappa shape index (κ2) is 4.13. The molecule has 0 bridgehead atoms. The Bertz CT molecular complexity index is 669. The number of hydrogen-bond acceptors (Lipinski definition) is 4. The van der Waals surface area contributed by atoms with Gasteiger partial charge >= 0.3 is 5.76 Å². The van der Waals surface area contributed by atoms with Crippen molar-refractivity contribution in [2.45, 2.75) is 31.8 Å². The largest absolute Gasteiger partial charge is 0.419 e. The van der Waals surface area contributed by atoms with Crippen LogP contribution in [0.5, 0.6) is 0 Å². The lowest BCUT2D eigenvalue weighted by Gasteiger charge is -2.18. The zero-order valence-corrected chi connectivity index (χ0v) is 11.5. The van der Waals surface area contributed by atoms with Crippen LogP contribution in [0.2, 0.25) is 0 Å². The second-order valence-electron chi connectivity index (χ2n) is 5.92. The Morgan fingerprint density at radius 3 is 2.95 bits per heavy atom. The molecule has 1 aliphatic rings. The molecule has 1 unspecified atom stereocenters. The molecule has 0 aliphatic carbocycles. The molecule has 0 radical (unpaired) electrons. The molecule has 5 nitrogen and oxygen atoms in total. The first kappa shape index (κ1) is 12.3. The van der Waals surface area contributed by atoms with Crippen molar-refractivity contribution >= 4 is 16.8 Å². The van der Waals surface area contributed by atoms with Crippen molar-refractivity contribution in [3.63, 3.8) is 0 Å². The number of benzene rings is 1. The standard InChI is InChI=1S/C14H19N3O2/c1-14(2)7-10(8-15-14)16-9-4-5-11-12(6-9)19-13(18)17(11)3/h4-6,10,15-16H,7-8H2,1-3H3. The molecule has 1 fully saturated rings. The van der Waals surface area contributed by atoms with Crippen LogP contribution in [0.25, 0.3) is 11.1 Å². The Kier molecular flexibility index (Phi) is 2.67. The Labute approximate surface area is 111 Å². The number of nitrogens with one attached hydrogen (secondary N) is 2. The SMILES string of the molecule is Cn1c(=O)oc2cc(NC3CNC(C)(C)C3)ccc21. The summed E-state index contributed by atoms with van der Waals surface area (Å²) in [6, 6.07) is 6.20. The average molecular weight is 261 g/mol. The molecular formula is C14H19N3O2. The van der Waals surface area contributed by atoms with Gasteiger partial charge in [-0.05, 0) is 32.4 Å². The third kappa shape index (κ3) is 2.26. The fourth-order valence-corrected chi connectivity index (χ4v) is 2.72. The van der Waals surface area contributed by atoms with E-state index in [0.29, 0.717) is 11.6 Å². The van der Waals surface area contributed by atoms with Gasteiger partial charge in [-0.3, -0.25) is 4.57 Å². The Hall–Kier alpha value is -1.75. The molecule has 1 atom stereocenters. The van der Waals surface area contributed by atoms with Gasteiger partial charge < -0.3 is 15.1 Å². The van der Waals surface area contributed by atoms with E-state index >= 15 is 0 Å². The van der Waals surface area contributed by atoms with E-state index in [1.54, 1.807) is 7.05 Å². The molecule has 1 aromatic heterocycles. The molecule has 0 amide bonds. The summed E-state index contributed by atoms with van der Waals surface area (Å²) in [6.45, 7) is 5.35. The number of anilines is 1. The van der Waals surface area contributed by atoms with E-state index in [2.05, 4.69) is 24.5 Å². The van der Waals surface area contributed by atoms with Crippen LogP contribution in [-0.4, -0.2) is 22.7 Å². The van der Waals surface area contributed by atoms with Crippen LogP contribution in [0.1, 0.15) is 20.3 Å². The quantitative estimate of drug-likeness (QED) is 0.863. The minimum atomic E-state index is -0.323. The van der Waals surface area contributed by atoms with Gasteiger partial charge in [-0.2, -0.15) is 0 Å². The summed E-state index contributed by atoms with van der Waals surface area (Å²) in [5.41, 5.74) is 2.62. The Balaban J connectivity index is 1.84. The highest BCUT2D eigenvalue weighted by atomic mass is 16.4. The van der Waals surface area contributed by atoms with Crippen LogP contribution in [0.3, 0.4) is 0 Å². The molecule has 2 heterocycles. The van der Waals surface area contributed by atoms with Gasteiger partial charge in [0.05, 0.1) is 5.52 Å². The van der Waals surface area contributed by atoms with Crippen LogP contribution in [-0.2, 0) is 7.05 Å². The molecule has 2 aromatic rings. The smallest absolute Gasteiger partial charge is 0.408 e. The fraction of sp³-hybridized carbons (Fsp3) is 0.500. The summed E-state index contributed by atoms with van der Waals surface area (Å²) >= 11 is 0. The Morgan fingerprint density at radius 2 is 2.26 bits per heavy atom. The number of fused-ring (bicyclic) bond motifs is 1. The molecule has 0 saturated carbocycles. The molecular weight excluding hydrogens is 242 g/mol. The zero-order chi connectivity index (χ0) is 13.6. The summed E-state index contributed by atoms with van der Waals surface area (Å²) in [7, 11) is 1.71. The van der Waals surface area contributed by atoms with Gasteiger partial charge in [0, 0.05) is 36.9 Å². The molecule has 5 heteroatoms. The lowest BCUT2D eigenvalue weighted by atomic mass is 10.0. The summed E-state index contributed by atoms with van der Waals surface area (Å²) in [4.78, 5) is 11.4. The third-order valence-electron chi connectivity index (χ3n) is 3.75. The first-order valence-corrected chi connectivity index (χ1v) is 6.56. The number of oxazole rings is 1. The minimum absolute atomic E-state index is 0.182. The van der Waals surface area contributed by atoms with Gasteiger partial charge in [0.25, 0.3) is 0 Å². The topological polar surface area (TPSA) is 59.2 Å². The van der Waals surface area contributed by atoms with Gasteiger partial charge in [0.15, 0.2) is 5.58 Å². The fourth-order valence-electron chi connectivity index (χ4n) is 2.72. The summed E-state index contributed by atoms with van der Waals surface area (Å²) in [5.74, 6) is -0.323. The molecule has 19 heavy (non-hydrogen) atoms. The van der Waals surface area contributed by atoms with Gasteiger partial charge in [-0.15, -0.1) is 0 Å². The molecule has 102 valence electrons. The first-order valence-electron chi connectivity index (χ1n) is 6.56. The highest BCUT2D eigenvalue weighted by molar-refractivity contribution is 5.77. The molecule has 1 saturated heterocycles. The van der Waals surface area contributed by atoms with Gasteiger partial charge in [0.1, 0.15) is 0 Å². The zero-order valence-electron chi connectivity index (χ0n) is 11.5. The molecule has 3 rings (SSSR count). The van der Waals surface area contributed by atoms with E-state index in [9.17, 15) is 4.79 Å². The van der Waals surface area contributed by atoms with E-state index in [0.717, 1.165) is 24.2 Å². The number of hydrogen-bond donors (Lipinski definition) is 2. The van der Waals surface area contributed by atoms with Gasteiger partial charge in [-0.1, -0.05) is 0 Å². The molecule has 2 N–H and O–H groups in total. The van der Waals surface area contributed by atoms with Crippen molar-refractivity contribution < 1.29 is 4.42 Å². The van der Waals surface area contributed by atoms with Crippen LogP contribution < -0.4 is 16.4 Å². The molecule has 1 aromatic carbocycles. The van der Waals surface area contributed by atoms with E-state index in [1.807, 2.05) is 18.2 Å². The first-order chi connectivity index (χ1) is 8.94. The second-order valence-corrected chi connectivity index (χ2v) is 5.92. The van der Waals surface area contributed by atoms with E-state index < -0.39 is 0 Å². The van der Waals surface area contributed by atoms with Crippen molar-refractivity contribution in [2.75, 3.05) is 11.9 Å². The van der Waals surface area contributed by atoms with Crippen LogP contribution in [0.4, 0.5) is 5.69 Å². The number of rotatable bonds is 2. The molecule has 0 spiro atoms. The lowest BCUT2D eigenvalue weighted by Crippen LogP contribution is -2.31. The van der Waals surface area contributed by atoms with Crippen molar-refractivity contribution in [3.05, 3.63) is 28.7 Å². The predicted octanol–water partition coefficient (Wildman–Crippen LogP) is 1.68. The van der Waals surface area contributed by atoms with Gasteiger partial charge in [0.2, 0.25) is 0 Å². The van der Waals surface area contributed by atoms with Crippen molar-refractivity contribution in [2.24, 2.45) is 7.05 Å². The van der Waals surface area contributed by atoms with E-state index in [1.165, 1.54) is 4.57 Å². The maximum atomic E-state index is 11.4. The third-order valence-corrected chi connectivity index (χ3v) is 3.75. The highest BCUT2D eigenvalue weighted by Gasteiger charge is 2.30. The van der Waals surface area contributed by atoms with Crippen molar-refractivity contribution in [3.8, 4) is 0 Å². The summed E-state index contributed by atoms with van der Waals surface area (Å²) < 4.78 is 6.71. The maximum absolute atomic E-state index is 11.4. The normalized spacial score (nSPS) is 21.9. The lowest BCUT2D eigenvalue weighted by molar-refractivity contribution is 0.457. The summed E-state index contributed by atoms with van der Waals surface area (Å²) in [5, 5.41) is 6.96. The van der Waals surface area contributed by atoms with Crippen LogP contribution >= 0.6 is 0 Å². The summed E-state index contributed by atoms with van der Waals surface area (Å²) in [6.07, 6.45) is 1.07. The van der Waals surface area contributed by atoms with Crippen LogP contribution in [0, 0.1) is 0 Å². The van der Waals surface area contributed by atoms with E-state index in [-0.39, 0.29) is 11.3 Å².